The molecule has 160 valence electrons. The molecule has 0 bridgehead atoms. The van der Waals surface area contributed by atoms with Crippen molar-refractivity contribution in [3.05, 3.63) is 56.2 Å². The quantitative estimate of drug-likeness (QED) is 0.608. The van der Waals surface area contributed by atoms with E-state index in [0.717, 1.165) is 33.0 Å². The lowest BCUT2D eigenvalue weighted by atomic mass is 10.1. The minimum absolute atomic E-state index is 0.00268. The summed E-state index contributed by atoms with van der Waals surface area (Å²) < 4.78 is 42.6. The molecule has 3 rings (SSSR count). The van der Waals surface area contributed by atoms with Gasteiger partial charge in [0.05, 0.1) is 12.1 Å². The van der Waals surface area contributed by atoms with E-state index in [0.29, 0.717) is 0 Å². The zero-order valence-electron chi connectivity index (χ0n) is 16.1. The van der Waals surface area contributed by atoms with Crippen molar-refractivity contribution in [2.45, 2.75) is 30.1 Å². The topological polar surface area (TPSA) is 99.1 Å². The van der Waals surface area contributed by atoms with Crippen LogP contribution in [0, 0.1) is 0 Å². The Bertz CT molecular complexity index is 1260. The summed E-state index contributed by atoms with van der Waals surface area (Å²) in [4.78, 5) is 40.5. The number of thioether (sulfide) groups is 1. The fourth-order valence-electron chi connectivity index (χ4n) is 2.90. The number of rotatable bonds is 5. The number of carboxylic acids is 1. The number of carboxylic acid groups (broad SMARTS) is 1. The fourth-order valence-corrected chi connectivity index (χ4v) is 3.74. The van der Waals surface area contributed by atoms with E-state index in [-0.39, 0.29) is 28.4 Å². The van der Waals surface area contributed by atoms with Gasteiger partial charge in [-0.3, -0.25) is 18.7 Å². The Labute approximate surface area is 171 Å². The van der Waals surface area contributed by atoms with Crippen LogP contribution in [0.4, 0.5) is 13.2 Å². The zero-order chi connectivity index (χ0) is 22.4. The Hall–Kier alpha value is -3.02. The monoisotopic (exact) mass is 442 g/mol. The molecule has 30 heavy (non-hydrogen) atoms. The Morgan fingerprint density at radius 1 is 1.23 bits per heavy atom. The summed E-state index contributed by atoms with van der Waals surface area (Å²) in [5, 5.41) is 8.38. The minimum atomic E-state index is -4.54. The van der Waals surface area contributed by atoms with Crippen molar-refractivity contribution in [2.75, 3.05) is 0 Å². The number of benzene rings is 1. The van der Waals surface area contributed by atoms with E-state index in [4.69, 9.17) is 0 Å². The lowest BCUT2D eigenvalue weighted by Crippen LogP contribution is -2.37. The lowest BCUT2D eigenvalue weighted by Gasteiger charge is -2.13. The van der Waals surface area contributed by atoms with E-state index in [2.05, 4.69) is 4.98 Å². The number of fused-ring (bicyclic) bond motifs is 1. The molecule has 0 saturated heterocycles. The van der Waals surface area contributed by atoms with E-state index in [1.54, 1.807) is 0 Å². The summed E-state index contributed by atoms with van der Waals surface area (Å²) >= 11 is 0.829. The first-order valence-electron chi connectivity index (χ1n) is 8.63. The number of hydrogen-bond donors (Lipinski definition) is 1. The van der Waals surface area contributed by atoms with Crippen molar-refractivity contribution in [1.82, 2.24) is 18.7 Å². The predicted octanol–water partition coefficient (Wildman–Crippen LogP) is 2.07. The maximum absolute atomic E-state index is 13.1. The molecule has 0 aliphatic heterocycles. The molecule has 12 heteroatoms. The Morgan fingerprint density at radius 2 is 1.90 bits per heavy atom. The van der Waals surface area contributed by atoms with Gasteiger partial charge in [-0.05, 0) is 24.6 Å². The highest BCUT2D eigenvalue weighted by molar-refractivity contribution is 8.00. The summed E-state index contributed by atoms with van der Waals surface area (Å²) in [6.07, 6.45) is -4.54. The predicted molar refractivity (Wildman–Crippen MR) is 104 cm³/mol. The highest BCUT2D eigenvalue weighted by Crippen LogP contribution is 2.31. The zero-order valence-corrected chi connectivity index (χ0v) is 16.9. The molecule has 0 aliphatic rings. The Morgan fingerprint density at radius 3 is 2.50 bits per heavy atom. The van der Waals surface area contributed by atoms with Crippen LogP contribution in [0.1, 0.15) is 18.1 Å². The number of aliphatic carboxylic acids is 1. The smallest absolute Gasteiger partial charge is 0.416 e. The molecule has 2 aromatic heterocycles. The molecular weight excluding hydrogens is 425 g/mol. The lowest BCUT2D eigenvalue weighted by molar-refractivity contribution is -0.138. The van der Waals surface area contributed by atoms with Gasteiger partial charge in [0.25, 0.3) is 5.56 Å². The van der Waals surface area contributed by atoms with E-state index in [9.17, 15) is 32.7 Å². The van der Waals surface area contributed by atoms with Crippen LogP contribution in [0.25, 0.3) is 11.2 Å². The first-order chi connectivity index (χ1) is 13.9. The van der Waals surface area contributed by atoms with Gasteiger partial charge in [-0.25, -0.2) is 9.78 Å². The first kappa shape index (κ1) is 21.7. The van der Waals surface area contributed by atoms with Crippen LogP contribution in [0.3, 0.4) is 0 Å². The van der Waals surface area contributed by atoms with Gasteiger partial charge in [0.15, 0.2) is 16.3 Å². The molecule has 0 unspecified atom stereocenters. The average Bonchev–Trinajstić information content (AvgIpc) is 3.02. The van der Waals surface area contributed by atoms with Gasteiger partial charge in [-0.15, -0.1) is 0 Å². The molecular formula is C18H17F3N4O4S. The maximum atomic E-state index is 13.1. The second-order valence-electron chi connectivity index (χ2n) is 6.65. The second-order valence-corrected chi connectivity index (χ2v) is 7.96. The van der Waals surface area contributed by atoms with Gasteiger partial charge in [0, 0.05) is 14.1 Å². The van der Waals surface area contributed by atoms with Gasteiger partial charge < -0.3 is 9.67 Å². The maximum Gasteiger partial charge on any atom is 0.416 e. The van der Waals surface area contributed by atoms with Gasteiger partial charge in [-0.2, -0.15) is 13.2 Å². The number of carbonyl (C=O) groups is 1. The molecule has 1 atom stereocenters. The molecule has 1 aromatic carbocycles. The number of halogens is 3. The third-order valence-electron chi connectivity index (χ3n) is 4.54. The number of alkyl halides is 3. The average molecular weight is 442 g/mol. The van der Waals surface area contributed by atoms with E-state index in [1.807, 2.05) is 0 Å². The van der Waals surface area contributed by atoms with Crippen molar-refractivity contribution < 1.29 is 23.1 Å². The van der Waals surface area contributed by atoms with Crippen LogP contribution >= 0.6 is 11.8 Å². The Balaban J connectivity index is 2.24. The minimum Gasteiger partial charge on any atom is -0.480 e. The highest BCUT2D eigenvalue weighted by atomic mass is 32.2. The molecule has 0 saturated carbocycles. The molecule has 2 heterocycles. The first-order valence-corrected chi connectivity index (χ1v) is 9.51. The van der Waals surface area contributed by atoms with Gasteiger partial charge in [0.1, 0.15) is 5.25 Å². The van der Waals surface area contributed by atoms with Crippen molar-refractivity contribution >= 4 is 28.9 Å². The highest BCUT2D eigenvalue weighted by Gasteiger charge is 2.30. The summed E-state index contributed by atoms with van der Waals surface area (Å²) in [7, 11) is 2.68. The largest absolute Gasteiger partial charge is 0.480 e. The summed E-state index contributed by atoms with van der Waals surface area (Å²) in [5.74, 6) is -1.13. The van der Waals surface area contributed by atoms with Crippen LogP contribution in [0.5, 0.6) is 0 Å². The van der Waals surface area contributed by atoms with Crippen LogP contribution < -0.4 is 11.2 Å². The molecule has 0 fully saturated rings. The summed E-state index contributed by atoms with van der Waals surface area (Å²) in [6, 6.07) is 4.59. The Kier molecular flexibility index (Phi) is 5.54. The normalized spacial score (nSPS) is 13.0. The molecule has 0 amide bonds. The van der Waals surface area contributed by atoms with Gasteiger partial charge in [-0.1, -0.05) is 23.9 Å². The van der Waals surface area contributed by atoms with Crippen molar-refractivity contribution in [1.29, 1.82) is 0 Å². The fraction of sp³-hybridized carbons (Fsp3) is 0.333. The van der Waals surface area contributed by atoms with E-state index < -0.39 is 34.2 Å². The van der Waals surface area contributed by atoms with Crippen molar-refractivity contribution in [2.24, 2.45) is 14.1 Å². The summed E-state index contributed by atoms with van der Waals surface area (Å²) in [5.41, 5.74) is -1.89. The number of aromatic nitrogens is 4. The van der Waals surface area contributed by atoms with Crippen molar-refractivity contribution in [3.63, 3.8) is 0 Å². The number of aryl methyl sites for hydroxylation is 1. The van der Waals surface area contributed by atoms with Crippen LogP contribution in [0.2, 0.25) is 0 Å². The van der Waals surface area contributed by atoms with E-state index in [1.165, 1.54) is 37.7 Å². The number of hydrogen-bond acceptors (Lipinski definition) is 5. The van der Waals surface area contributed by atoms with Crippen LogP contribution in [0.15, 0.2) is 39.0 Å². The SMILES string of the molecule is C[C@H](Sc1nc2c(c(=O)n(C)c(=O)n2C)n1Cc1cccc(C(F)(F)F)c1)C(=O)O. The molecule has 0 spiro atoms. The van der Waals surface area contributed by atoms with Gasteiger partial charge >= 0.3 is 17.8 Å². The number of nitrogens with zero attached hydrogens (tertiary/aromatic N) is 4. The molecule has 3 aromatic rings. The van der Waals surface area contributed by atoms with Crippen molar-refractivity contribution in [3.8, 4) is 0 Å². The third-order valence-corrected chi connectivity index (χ3v) is 5.62. The number of imidazole rings is 1. The summed E-state index contributed by atoms with van der Waals surface area (Å²) in [6.45, 7) is 1.25. The third kappa shape index (κ3) is 3.86. The van der Waals surface area contributed by atoms with E-state index >= 15 is 0 Å². The van der Waals surface area contributed by atoms with Gasteiger partial charge in [0.2, 0.25) is 0 Å². The molecule has 8 nitrogen and oxygen atoms in total. The molecule has 0 radical (unpaired) electrons. The molecule has 0 aliphatic carbocycles. The second kappa shape index (κ2) is 7.67. The van der Waals surface area contributed by atoms with Crippen LogP contribution in [-0.2, 0) is 31.6 Å². The standard InChI is InChI=1S/C18H17F3N4O4S/c1-9(15(27)28)30-16-22-13-12(14(26)24(3)17(29)23(13)2)25(16)8-10-5-4-6-11(7-10)18(19,20)21/h4-7,9H,8H2,1-3H3,(H,27,28)/t9-/m0/s1. The van der Waals surface area contributed by atoms with Crippen LogP contribution in [-0.4, -0.2) is 35.0 Å². The molecule has 1 N–H and O–H groups in total.